The first-order valence-electron chi connectivity index (χ1n) is 14.0. The van der Waals surface area contributed by atoms with E-state index < -0.39 is 6.10 Å². The minimum atomic E-state index is -0.511. The fourth-order valence-electron chi connectivity index (χ4n) is 4.24. The lowest BCUT2D eigenvalue weighted by Crippen LogP contribution is -2.23. The lowest BCUT2D eigenvalue weighted by Gasteiger charge is -2.22. The van der Waals surface area contributed by atoms with Crippen LogP contribution in [0.4, 0.5) is 0 Å². The van der Waals surface area contributed by atoms with E-state index in [1.807, 2.05) is 26.0 Å². The predicted octanol–water partition coefficient (Wildman–Crippen LogP) is 7.13. The second kappa shape index (κ2) is 21.0. The first-order valence-corrected chi connectivity index (χ1v) is 14.5. The van der Waals surface area contributed by atoms with Crippen LogP contribution in [0, 0.1) is 17.3 Å². The van der Waals surface area contributed by atoms with Gasteiger partial charge in [-0.1, -0.05) is 77.7 Å². The van der Waals surface area contributed by atoms with Crippen molar-refractivity contribution in [3.63, 3.8) is 0 Å². The lowest BCUT2D eigenvalue weighted by atomic mass is 9.81. The molecule has 1 fully saturated rings. The molecule has 0 aromatic rings. The molecule has 0 aromatic heterocycles. The fraction of sp³-hybridized carbons (Fsp3) is 0.710. The second-order valence-electron chi connectivity index (χ2n) is 10.5. The molecule has 0 unspecified atom stereocenters. The average molecular weight is 555 g/mol. The molecule has 4 atom stereocenters. The molecule has 1 aliphatic carbocycles. The molecule has 0 radical (unpaired) electrons. The molecule has 1 rings (SSSR count). The third-order valence-electron chi connectivity index (χ3n) is 6.90. The number of carbonyl (C=O) groups is 3. The number of hydrogen-bond acceptors (Lipinski definition) is 6. The van der Waals surface area contributed by atoms with Crippen LogP contribution < -0.4 is 0 Å². The van der Waals surface area contributed by atoms with Gasteiger partial charge in [0.05, 0.1) is 20.3 Å². The number of carbonyl (C=O) groups excluding carboxylic acids is 3. The van der Waals surface area contributed by atoms with Crippen molar-refractivity contribution in [2.45, 2.75) is 110 Å². The highest BCUT2D eigenvalue weighted by atomic mass is 35.5. The number of hydrogen-bond donors (Lipinski definition) is 1. The van der Waals surface area contributed by atoms with Gasteiger partial charge in [0.15, 0.2) is 5.78 Å². The number of rotatable bonds is 16. The van der Waals surface area contributed by atoms with Gasteiger partial charge in [0, 0.05) is 29.2 Å². The Labute approximate surface area is 235 Å². The van der Waals surface area contributed by atoms with E-state index in [1.165, 1.54) is 20.3 Å². The van der Waals surface area contributed by atoms with E-state index in [0.717, 1.165) is 57.8 Å². The second-order valence-corrected chi connectivity index (χ2v) is 11.1. The zero-order chi connectivity index (χ0) is 29.0. The SMILES string of the molecule is CCCCC(C)(C)C(=O)/C=C/[C@@H]1[C@@H](C/C=C\CCCC(=O)OC)[C@H](Cl)C[C@H]1O.CCCCC=CC(=O)OC. The number of ketones is 1. The summed E-state index contributed by atoms with van der Waals surface area (Å²) in [5.41, 5.74) is -0.370. The van der Waals surface area contributed by atoms with Crippen LogP contribution in [0.5, 0.6) is 0 Å². The maximum absolute atomic E-state index is 12.6. The molecule has 6 nitrogen and oxygen atoms in total. The van der Waals surface area contributed by atoms with Crippen molar-refractivity contribution >= 4 is 29.3 Å². The highest BCUT2D eigenvalue weighted by Crippen LogP contribution is 2.39. The van der Waals surface area contributed by atoms with Gasteiger partial charge in [0.25, 0.3) is 0 Å². The molecule has 0 saturated heterocycles. The summed E-state index contributed by atoms with van der Waals surface area (Å²) in [4.78, 5) is 34.2. The molecular formula is C31H51ClO6. The maximum atomic E-state index is 12.6. The molecule has 0 spiro atoms. The first-order chi connectivity index (χ1) is 18.0. The number of esters is 2. The monoisotopic (exact) mass is 554 g/mol. The summed E-state index contributed by atoms with van der Waals surface area (Å²) >= 11 is 6.47. The van der Waals surface area contributed by atoms with Gasteiger partial charge in [0.1, 0.15) is 0 Å². The third kappa shape index (κ3) is 15.5. The molecular weight excluding hydrogens is 504 g/mol. The Hall–Kier alpha value is -1.92. The van der Waals surface area contributed by atoms with Crippen molar-refractivity contribution in [2.24, 2.45) is 17.3 Å². The molecule has 1 saturated carbocycles. The Balaban J connectivity index is 0.00000115. The molecule has 0 heterocycles. The Morgan fingerprint density at radius 3 is 2.21 bits per heavy atom. The van der Waals surface area contributed by atoms with Crippen LogP contribution >= 0.6 is 11.6 Å². The largest absolute Gasteiger partial charge is 0.469 e. The van der Waals surface area contributed by atoms with Gasteiger partial charge in [-0.3, -0.25) is 9.59 Å². The van der Waals surface area contributed by atoms with E-state index in [-0.39, 0.29) is 40.3 Å². The van der Waals surface area contributed by atoms with Crippen LogP contribution in [0.25, 0.3) is 0 Å². The summed E-state index contributed by atoms with van der Waals surface area (Å²) in [6.07, 6.45) is 20.0. The number of ether oxygens (including phenoxy) is 2. The molecule has 38 heavy (non-hydrogen) atoms. The standard InChI is InChI=1S/C23H37ClO4.C8H14O2/c1-5-6-15-23(2,3)21(26)14-13-18-17(19(24)16-20(18)25)11-9-7-8-10-12-22(27)28-4;1-3-4-5-6-7-8(9)10-2/h7,9,13-14,17-20,25H,5-6,8,10-12,15-16H2,1-4H3;6-7H,3-5H2,1-2H3/b9-7-,14-13+;/t17-,18-,19-,20-;/m1./s1. The van der Waals surface area contributed by atoms with Crippen molar-refractivity contribution in [3.8, 4) is 0 Å². The van der Waals surface area contributed by atoms with Crippen LogP contribution in [0.1, 0.15) is 98.3 Å². The number of halogens is 1. The Morgan fingerprint density at radius 1 is 0.947 bits per heavy atom. The zero-order valence-electron chi connectivity index (χ0n) is 24.4. The summed E-state index contributed by atoms with van der Waals surface area (Å²) < 4.78 is 9.03. The summed E-state index contributed by atoms with van der Waals surface area (Å²) in [6, 6.07) is 0. The third-order valence-corrected chi connectivity index (χ3v) is 7.40. The predicted molar refractivity (Wildman–Crippen MR) is 155 cm³/mol. The number of unbranched alkanes of at least 4 members (excludes halogenated alkanes) is 4. The highest BCUT2D eigenvalue weighted by molar-refractivity contribution is 6.21. The molecule has 0 aliphatic heterocycles. The molecule has 1 N–H and O–H groups in total. The van der Waals surface area contributed by atoms with Crippen molar-refractivity contribution in [1.29, 1.82) is 0 Å². The Bertz CT molecular complexity index is 770. The van der Waals surface area contributed by atoms with Gasteiger partial charge in [-0.15, -0.1) is 11.6 Å². The quantitative estimate of drug-likeness (QED) is 0.0717. The van der Waals surface area contributed by atoms with Gasteiger partial charge in [-0.05, 0) is 50.5 Å². The molecule has 1 aliphatic rings. The van der Waals surface area contributed by atoms with E-state index in [9.17, 15) is 19.5 Å². The van der Waals surface area contributed by atoms with Crippen LogP contribution in [0.15, 0.2) is 36.5 Å². The van der Waals surface area contributed by atoms with Gasteiger partial charge >= 0.3 is 11.9 Å². The molecule has 7 heteroatoms. The molecule has 0 aromatic carbocycles. The minimum absolute atomic E-state index is 0.104. The number of allylic oxidation sites excluding steroid dienone is 4. The van der Waals surface area contributed by atoms with Crippen molar-refractivity contribution in [2.75, 3.05) is 14.2 Å². The van der Waals surface area contributed by atoms with E-state index in [4.69, 9.17) is 11.6 Å². The summed E-state index contributed by atoms with van der Waals surface area (Å²) in [5.74, 6) is -0.339. The van der Waals surface area contributed by atoms with Crippen molar-refractivity contribution < 1.29 is 29.0 Å². The fourth-order valence-corrected chi connectivity index (χ4v) is 4.69. The minimum Gasteiger partial charge on any atom is -0.469 e. The summed E-state index contributed by atoms with van der Waals surface area (Å²) in [5, 5.41) is 10.3. The highest BCUT2D eigenvalue weighted by Gasteiger charge is 2.39. The normalized spacial score (nSPS) is 21.6. The van der Waals surface area contributed by atoms with E-state index in [0.29, 0.717) is 12.8 Å². The van der Waals surface area contributed by atoms with Gasteiger partial charge < -0.3 is 14.6 Å². The van der Waals surface area contributed by atoms with Gasteiger partial charge in [0.2, 0.25) is 0 Å². The van der Waals surface area contributed by atoms with Crippen molar-refractivity contribution in [1.82, 2.24) is 0 Å². The number of aliphatic hydroxyl groups excluding tert-OH is 1. The van der Waals surface area contributed by atoms with Crippen LogP contribution in [-0.2, 0) is 23.9 Å². The van der Waals surface area contributed by atoms with E-state index >= 15 is 0 Å². The summed E-state index contributed by atoms with van der Waals surface area (Å²) in [6.45, 7) is 8.21. The van der Waals surface area contributed by atoms with Crippen LogP contribution in [0.3, 0.4) is 0 Å². The Morgan fingerprint density at radius 2 is 1.61 bits per heavy atom. The smallest absolute Gasteiger partial charge is 0.330 e. The molecule has 0 amide bonds. The number of aliphatic hydroxyl groups is 1. The zero-order valence-corrected chi connectivity index (χ0v) is 25.2. The van der Waals surface area contributed by atoms with Gasteiger partial charge in [-0.25, -0.2) is 4.79 Å². The molecule has 0 bridgehead atoms. The average Bonchev–Trinajstić information content (AvgIpc) is 3.17. The lowest BCUT2D eigenvalue weighted by molar-refractivity contribution is -0.140. The number of methoxy groups -OCH3 is 2. The maximum Gasteiger partial charge on any atom is 0.330 e. The summed E-state index contributed by atoms with van der Waals surface area (Å²) in [7, 11) is 2.78. The van der Waals surface area contributed by atoms with E-state index in [1.54, 1.807) is 6.08 Å². The first kappa shape index (κ1) is 36.1. The van der Waals surface area contributed by atoms with Crippen LogP contribution in [-0.4, -0.2) is 48.5 Å². The van der Waals surface area contributed by atoms with Crippen molar-refractivity contribution in [3.05, 3.63) is 36.5 Å². The van der Waals surface area contributed by atoms with Crippen LogP contribution in [0.2, 0.25) is 0 Å². The Kier molecular flexibility index (Phi) is 19.9. The topological polar surface area (TPSA) is 89.9 Å². The molecule has 218 valence electrons. The van der Waals surface area contributed by atoms with Gasteiger partial charge in [-0.2, -0.15) is 0 Å². The van der Waals surface area contributed by atoms with E-state index in [2.05, 4.69) is 35.5 Å². The number of alkyl halides is 1.